The third-order valence-corrected chi connectivity index (χ3v) is 4.60. The van der Waals surface area contributed by atoms with Crippen molar-refractivity contribution in [3.05, 3.63) is 35.4 Å². The van der Waals surface area contributed by atoms with Gasteiger partial charge in [-0.1, -0.05) is 44.0 Å². The largest absolute Gasteiger partial charge is 0.364 e. The minimum atomic E-state index is -0.0490. The highest BCUT2D eigenvalue weighted by atomic mass is 16.5. The van der Waals surface area contributed by atoms with Crippen LogP contribution in [0.25, 0.3) is 0 Å². The van der Waals surface area contributed by atoms with E-state index in [1.807, 2.05) is 0 Å². The fourth-order valence-corrected chi connectivity index (χ4v) is 3.42. The summed E-state index contributed by atoms with van der Waals surface area (Å²) in [6.07, 6.45) is 5.08. The Bertz CT molecular complexity index is 404. The Morgan fingerprint density at radius 1 is 1.32 bits per heavy atom. The first-order chi connectivity index (χ1) is 9.20. The minimum absolute atomic E-state index is 0.0490. The smallest absolute Gasteiger partial charge is 0.0991 e. The van der Waals surface area contributed by atoms with Crippen LogP contribution in [-0.4, -0.2) is 20.2 Å². The number of benzene rings is 1. The van der Waals surface area contributed by atoms with Crippen molar-refractivity contribution < 1.29 is 10.1 Å². The summed E-state index contributed by atoms with van der Waals surface area (Å²) < 4.78 is 6.46. The van der Waals surface area contributed by atoms with Gasteiger partial charge in [-0.15, -0.1) is 0 Å². The molecule has 1 aromatic rings. The second-order valence-electron chi connectivity index (χ2n) is 5.90. The van der Waals surface area contributed by atoms with Gasteiger partial charge in [-0.05, 0) is 36.8 Å². The highest BCUT2D eigenvalue weighted by Crippen LogP contribution is 2.45. The number of ether oxygens (including phenoxy) is 1. The monoisotopic (exact) mass is 262 g/mol. The van der Waals surface area contributed by atoms with Crippen LogP contribution in [0.3, 0.4) is 0 Å². The van der Waals surface area contributed by atoms with Gasteiger partial charge in [0.05, 0.1) is 25.8 Å². The Hall–Kier alpha value is -0.860. The molecule has 1 saturated carbocycles. The van der Waals surface area contributed by atoms with Crippen LogP contribution in [-0.2, 0) is 10.3 Å². The molecule has 106 valence electrons. The molecule has 1 aliphatic carbocycles. The normalized spacial score (nSPS) is 27.4. The lowest BCUT2D eigenvalue weighted by Crippen LogP contribution is -2.80. The number of hydrogen-bond acceptors (Lipinski definition) is 1. The molecule has 2 atom stereocenters. The summed E-state index contributed by atoms with van der Waals surface area (Å²) in [5, 5.41) is 2.19. The zero-order chi connectivity index (χ0) is 13.7. The summed E-state index contributed by atoms with van der Waals surface area (Å²) in [6.45, 7) is 6.46. The van der Waals surface area contributed by atoms with Gasteiger partial charge in [-0.3, -0.25) is 0 Å². The van der Waals surface area contributed by atoms with Crippen molar-refractivity contribution in [2.45, 2.75) is 45.1 Å². The van der Waals surface area contributed by atoms with Crippen LogP contribution in [0.5, 0.6) is 0 Å². The fourth-order valence-electron chi connectivity index (χ4n) is 3.42. The van der Waals surface area contributed by atoms with E-state index >= 15 is 0 Å². The minimum Gasteiger partial charge on any atom is -0.364 e. The molecule has 19 heavy (non-hydrogen) atoms. The van der Waals surface area contributed by atoms with E-state index in [2.05, 4.69) is 50.5 Å². The summed E-state index contributed by atoms with van der Waals surface area (Å²) in [4.78, 5) is 0. The Labute approximate surface area is 117 Å². The van der Waals surface area contributed by atoms with E-state index in [4.69, 9.17) is 4.74 Å². The lowest BCUT2D eigenvalue weighted by atomic mass is 9.71. The van der Waals surface area contributed by atoms with Crippen molar-refractivity contribution in [3.8, 4) is 0 Å². The molecule has 0 heterocycles. The average Bonchev–Trinajstić information content (AvgIpc) is 2.42. The predicted molar refractivity (Wildman–Crippen MR) is 79.2 cm³/mol. The summed E-state index contributed by atoms with van der Waals surface area (Å²) in [7, 11) is 2.11. The summed E-state index contributed by atoms with van der Waals surface area (Å²) >= 11 is 0. The van der Waals surface area contributed by atoms with Gasteiger partial charge in [0.15, 0.2) is 0 Å². The quantitative estimate of drug-likeness (QED) is 0.811. The van der Waals surface area contributed by atoms with Crippen molar-refractivity contribution in [2.75, 3.05) is 20.2 Å². The SMILES string of the molecule is C[NH2+]CCO[C@@]1(c2ccccc2C)CCCC[C@H]1C. The third kappa shape index (κ3) is 3.01. The molecule has 0 saturated heterocycles. The molecule has 0 spiro atoms. The van der Waals surface area contributed by atoms with E-state index in [0.29, 0.717) is 5.92 Å². The molecular formula is C17H28NO+. The Kier molecular flexibility index (Phi) is 5.00. The van der Waals surface area contributed by atoms with Gasteiger partial charge in [0.1, 0.15) is 0 Å². The molecule has 2 heteroatoms. The molecule has 0 unspecified atom stereocenters. The van der Waals surface area contributed by atoms with E-state index in [-0.39, 0.29) is 5.60 Å². The highest BCUT2D eigenvalue weighted by Gasteiger charge is 2.41. The maximum absolute atomic E-state index is 6.46. The van der Waals surface area contributed by atoms with Crippen molar-refractivity contribution in [2.24, 2.45) is 5.92 Å². The number of hydrogen-bond donors (Lipinski definition) is 1. The number of likely N-dealkylation sites (N-methyl/N-ethyl adjacent to an activating group) is 1. The number of nitrogens with two attached hydrogens (primary N) is 1. The average molecular weight is 262 g/mol. The van der Waals surface area contributed by atoms with E-state index in [9.17, 15) is 0 Å². The molecule has 1 aliphatic rings. The predicted octanol–water partition coefficient (Wildman–Crippen LogP) is 2.61. The van der Waals surface area contributed by atoms with Crippen LogP contribution in [0.4, 0.5) is 0 Å². The molecule has 1 fully saturated rings. The first-order valence-electron chi connectivity index (χ1n) is 7.68. The lowest BCUT2D eigenvalue weighted by molar-refractivity contribution is -0.629. The van der Waals surface area contributed by atoms with Crippen molar-refractivity contribution in [3.63, 3.8) is 0 Å². The summed E-state index contributed by atoms with van der Waals surface area (Å²) in [5.41, 5.74) is 2.74. The van der Waals surface area contributed by atoms with Gasteiger partial charge in [0, 0.05) is 0 Å². The second-order valence-corrected chi connectivity index (χ2v) is 5.90. The number of quaternary nitrogens is 1. The van der Waals surface area contributed by atoms with Gasteiger partial charge in [-0.2, -0.15) is 0 Å². The topological polar surface area (TPSA) is 25.8 Å². The van der Waals surface area contributed by atoms with Crippen LogP contribution in [0.1, 0.15) is 43.7 Å². The molecule has 0 bridgehead atoms. The molecule has 1 aromatic carbocycles. The molecule has 2 N–H and O–H groups in total. The van der Waals surface area contributed by atoms with Crippen LogP contribution >= 0.6 is 0 Å². The zero-order valence-corrected chi connectivity index (χ0v) is 12.6. The molecule has 0 amide bonds. The zero-order valence-electron chi connectivity index (χ0n) is 12.6. The standard InChI is InChI=1S/C17H27NO/c1-14-8-4-5-10-16(14)17(19-13-12-18-3)11-7-6-9-15(17)2/h4-5,8,10,15,18H,6-7,9,11-13H2,1-3H3/p+1/t15-,17+/m1/s1. The molecule has 2 nitrogen and oxygen atoms in total. The number of aryl methyl sites for hydroxylation is 1. The van der Waals surface area contributed by atoms with Crippen LogP contribution in [0.2, 0.25) is 0 Å². The van der Waals surface area contributed by atoms with Crippen molar-refractivity contribution >= 4 is 0 Å². The molecule has 0 aliphatic heterocycles. The van der Waals surface area contributed by atoms with Crippen LogP contribution in [0.15, 0.2) is 24.3 Å². The van der Waals surface area contributed by atoms with Crippen LogP contribution < -0.4 is 5.32 Å². The first-order valence-corrected chi connectivity index (χ1v) is 7.68. The summed E-state index contributed by atoms with van der Waals surface area (Å²) in [5.74, 6) is 0.610. The Morgan fingerprint density at radius 2 is 2.11 bits per heavy atom. The van der Waals surface area contributed by atoms with E-state index in [1.54, 1.807) is 0 Å². The maximum atomic E-state index is 6.46. The van der Waals surface area contributed by atoms with Crippen molar-refractivity contribution in [1.29, 1.82) is 0 Å². The van der Waals surface area contributed by atoms with Gasteiger partial charge in [0.25, 0.3) is 0 Å². The molecule has 0 radical (unpaired) electrons. The maximum Gasteiger partial charge on any atom is 0.0991 e. The van der Waals surface area contributed by atoms with Crippen molar-refractivity contribution in [1.82, 2.24) is 0 Å². The Balaban J connectivity index is 2.30. The second kappa shape index (κ2) is 6.53. The lowest BCUT2D eigenvalue weighted by Gasteiger charge is -2.43. The van der Waals surface area contributed by atoms with Gasteiger partial charge in [-0.25, -0.2) is 0 Å². The molecule has 0 aromatic heterocycles. The first kappa shape index (κ1) is 14.5. The van der Waals surface area contributed by atoms with E-state index < -0.39 is 0 Å². The fraction of sp³-hybridized carbons (Fsp3) is 0.647. The summed E-state index contributed by atoms with van der Waals surface area (Å²) in [6, 6.07) is 8.76. The molecular weight excluding hydrogens is 234 g/mol. The van der Waals surface area contributed by atoms with Gasteiger partial charge in [0.2, 0.25) is 0 Å². The Morgan fingerprint density at radius 3 is 2.79 bits per heavy atom. The van der Waals surface area contributed by atoms with E-state index in [0.717, 1.165) is 13.2 Å². The highest BCUT2D eigenvalue weighted by molar-refractivity contribution is 5.32. The third-order valence-electron chi connectivity index (χ3n) is 4.60. The van der Waals surface area contributed by atoms with E-state index in [1.165, 1.54) is 36.8 Å². The van der Waals surface area contributed by atoms with Crippen LogP contribution in [0, 0.1) is 12.8 Å². The molecule has 2 rings (SSSR count). The van der Waals surface area contributed by atoms with Gasteiger partial charge >= 0.3 is 0 Å². The number of rotatable bonds is 5. The van der Waals surface area contributed by atoms with Gasteiger partial charge < -0.3 is 10.1 Å².